The molecule has 1 aliphatic rings. The van der Waals surface area contributed by atoms with E-state index in [4.69, 9.17) is 0 Å². The third kappa shape index (κ3) is 2.23. The average Bonchev–Trinajstić information content (AvgIpc) is 2.65. The van der Waals surface area contributed by atoms with Gasteiger partial charge in [0.15, 0.2) is 0 Å². The number of likely N-dealkylation sites (N-methyl/N-ethyl adjacent to an activating group) is 1. The van der Waals surface area contributed by atoms with Crippen molar-refractivity contribution in [1.29, 1.82) is 0 Å². The molecule has 3 heteroatoms. The van der Waals surface area contributed by atoms with Gasteiger partial charge in [-0.15, -0.1) is 0 Å². The minimum Gasteiger partial charge on any atom is -0.367 e. The lowest BCUT2D eigenvalue weighted by Crippen LogP contribution is -2.29. The fourth-order valence-corrected chi connectivity index (χ4v) is 2.65. The summed E-state index contributed by atoms with van der Waals surface area (Å²) in [6.07, 6.45) is 4.43. The van der Waals surface area contributed by atoms with Crippen molar-refractivity contribution < 1.29 is 4.39 Å². The molecule has 1 nitrogen and oxygen atoms in total. The van der Waals surface area contributed by atoms with Gasteiger partial charge in [-0.1, -0.05) is 22.0 Å². The fourth-order valence-electron chi connectivity index (χ4n) is 1.89. The third-order valence-electron chi connectivity index (χ3n) is 2.80. The second-order valence-corrected chi connectivity index (χ2v) is 4.69. The van der Waals surface area contributed by atoms with Crippen LogP contribution in [-0.2, 0) is 0 Å². The van der Waals surface area contributed by atoms with Crippen LogP contribution in [0.15, 0.2) is 34.8 Å². The van der Waals surface area contributed by atoms with E-state index in [-0.39, 0.29) is 5.82 Å². The van der Waals surface area contributed by atoms with Gasteiger partial charge >= 0.3 is 0 Å². The van der Waals surface area contributed by atoms with E-state index in [1.807, 2.05) is 19.2 Å². The molecule has 0 fully saturated rings. The molecule has 15 heavy (non-hydrogen) atoms. The maximum Gasteiger partial charge on any atom is 0.123 e. The second-order valence-electron chi connectivity index (χ2n) is 3.77. The lowest BCUT2D eigenvalue weighted by Gasteiger charge is -2.27. The predicted octanol–water partition coefficient (Wildman–Crippen LogP) is 3.70. The topological polar surface area (TPSA) is 3.24 Å². The zero-order valence-corrected chi connectivity index (χ0v) is 10.2. The van der Waals surface area contributed by atoms with E-state index in [2.05, 4.69) is 26.9 Å². The Kier molecular flexibility index (Phi) is 3.10. The minimum atomic E-state index is -0.187. The summed E-state index contributed by atoms with van der Waals surface area (Å²) in [5.41, 5.74) is 1.05. The van der Waals surface area contributed by atoms with Crippen LogP contribution in [0.25, 0.3) is 0 Å². The van der Waals surface area contributed by atoms with Crippen LogP contribution in [0.1, 0.15) is 12.8 Å². The van der Waals surface area contributed by atoms with Gasteiger partial charge in [0.1, 0.15) is 5.82 Å². The monoisotopic (exact) mass is 269 g/mol. The maximum atomic E-state index is 12.8. The van der Waals surface area contributed by atoms with Crippen LogP contribution < -0.4 is 4.90 Å². The van der Waals surface area contributed by atoms with Crippen molar-refractivity contribution in [2.75, 3.05) is 11.9 Å². The highest BCUT2D eigenvalue weighted by Gasteiger charge is 2.21. The molecule has 1 unspecified atom stereocenters. The predicted molar refractivity (Wildman–Crippen MR) is 64.8 cm³/mol. The Labute approximate surface area is 97.7 Å². The van der Waals surface area contributed by atoms with Crippen LogP contribution in [0, 0.1) is 5.82 Å². The van der Waals surface area contributed by atoms with Gasteiger partial charge in [0, 0.05) is 17.2 Å². The Morgan fingerprint density at radius 3 is 2.53 bits per heavy atom. The number of anilines is 1. The molecule has 1 atom stereocenters. The van der Waals surface area contributed by atoms with E-state index in [1.54, 1.807) is 0 Å². The number of hydrogen-bond donors (Lipinski definition) is 0. The van der Waals surface area contributed by atoms with E-state index >= 15 is 0 Å². The number of rotatable bonds is 2. The molecule has 2 rings (SSSR count). The van der Waals surface area contributed by atoms with Gasteiger partial charge in [-0.25, -0.2) is 4.39 Å². The van der Waals surface area contributed by atoms with Crippen LogP contribution in [0.3, 0.4) is 0 Å². The quantitative estimate of drug-likeness (QED) is 0.792. The largest absolute Gasteiger partial charge is 0.367 e. The number of allylic oxidation sites excluding steroid dienone is 1. The Morgan fingerprint density at radius 1 is 1.33 bits per heavy atom. The number of halogens is 2. The molecule has 0 radical (unpaired) electrons. The van der Waals surface area contributed by atoms with Gasteiger partial charge < -0.3 is 4.90 Å². The average molecular weight is 270 g/mol. The van der Waals surface area contributed by atoms with Crippen LogP contribution in [0.5, 0.6) is 0 Å². The highest BCUT2D eigenvalue weighted by atomic mass is 79.9. The Hall–Kier alpha value is -0.830. The highest BCUT2D eigenvalue weighted by molar-refractivity contribution is 9.11. The molecule has 0 spiro atoms. The van der Waals surface area contributed by atoms with Gasteiger partial charge in [0.2, 0.25) is 0 Å². The first-order valence-corrected chi connectivity index (χ1v) is 5.82. The zero-order valence-electron chi connectivity index (χ0n) is 8.58. The molecular formula is C12H13BrFN. The molecule has 1 aromatic carbocycles. The molecule has 0 bridgehead atoms. The first-order chi connectivity index (χ1) is 7.18. The van der Waals surface area contributed by atoms with Crippen LogP contribution in [0.4, 0.5) is 10.1 Å². The van der Waals surface area contributed by atoms with Gasteiger partial charge in [-0.2, -0.15) is 0 Å². The summed E-state index contributed by atoms with van der Waals surface area (Å²) in [6, 6.07) is 7.02. The second kappa shape index (κ2) is 4.35. The molecule has 0 N–H and O–H groups in total. The van der Waals surface area contributed by atoms with Crippen molar-refractivity contribution in [3.05, 3.63) is 40.6 Å². The van der Waals surface area contributed by atoms with Crippen molar-refractivity contribution >= 4 is 21.6 Å². The molecular weight excluding hydrogens is 257 g/mol. The summed E-state index contributed by atoms with van der Waals surface area (Å²) in [7, 11) is 2.04. The van der Waals surface area contributed by atoms with Crippen molar-refractivity contribution in [3.63, 3.8) is 0 Å². The molecule has 1 aromatic rings. The molecule has 0 amide bonds. The normalized spacial score (nSPS) is 20.2. The first-order valence-electron chi connectivity index (χ1n) is 5.02. The Bertz CT molecular complexity index is 372. The summed E-state index contributed by atoms with van der Waals surface area (Å²) < 4.78 is 14.0. The molecule has 0 heterocycles. The van der Waals surface area contributed by atoms with Crippen LogP contribution in [0.2, 0.25) is 0 Å². The Balaban J connectivity index is 2.17. The van der Waals surface area contributed by atoms with Gasteiger partial charge in [0.25, 0.3) is 0 Å². The van der Waals surface area contributed by atoms with Gasteiger partial charge in [-0.3, -0.25) is 0 Å². The summed E-state index contributed by atoms with van der Waals surface area (Å²) in [6.45, 7) is 0. The van der Waals surface area contributed by atoms with Crippen molar-refractivity contribution in [2.45, 2.75) is 18.9 Å². The van der Waals surface area contributed by atoms with Crippen molar-refractivity contribution in [3.8, 4) is 0 Å². The number of nitrogens with zero attached hydrogens (tertiary/aromatic N) is 1. The van der Waals surface area contributed by atoms with Crippen molar-refractivity contribution in [2.24, 2.45) is 0 Å². The fraction of sp³-hybridized carbons (Fsp3) is 0.333. The van der Waals surface area contributed by atoms with E-state index < -0.39 is 0 Å². The SMILES string of the molecule is CN(c1ccc(F)cc1)C1CCC=C1Br. The lowest BCUT2D eigenvalue weighted by atomic mass is 10.2. The van der Waals surface area contributed by atoms with Gasteiger partial charge in [-0.05, 0) is 37.1 Å². The van der Waals surface area contributed by atoms with Gasteiger partial charge in [0.05, 0.1) is 6.04 Å². The van der Waals surface area contributed by atoms with E-state index in [9.17, 15) is 4.39 Å². The highest BCUT2D eigenvalue weighted by Crippen LogP contribution is 2.30. The standard InChI is InChI=1S/C12H13BrFN/c1-15(12-4-2-3-11(12)13)10-7-5-9(14)6-8-10/h3,5-8,12H,2,4H2,1H3. The zero-order chi connectivity index (χ0) is 10.8. The minimum absolute atomic E-state index is 0.187. The van der Waals surface area contributed by atoms with E-state index in [1.165, 1.54) is 16.6 Å². The van der Waals surface area contributed by atoms with E-state index in [0.717, 1.165) is 18.5 Å². The third-order valence-corrected chi connectivity index (χ3v) is 3.65. The smallest absolute Gasteiger partial charge is 0.123 e. The van der Waals surface area contributed by atoms with E-state index in [0.29, 0.717) is 6.04 Å². The summed E-state index contributed by atoms with van der Waals surface area (Å²) in [5.74, 6) is -0.187. The number of benzene rings is 1. The molecule has 0 aromatic heterocycles. The molecule has 0 saturated carbocycles. The molecule has 0 saturated heterocycles. The van der Waals surface area contributed by atoms with Crippen LogP contribution >= 0.6 is 15.9 Å². The first kappa shape index (κ1) is 10.7. The molecule has 1 aliphatic carbocycles. The summed E-state index contributed by atoms with van der Waals surface area (Å²) in [5, 5.41) is 0. The molecule has 80 valence electrons. The van der Waals surface area contributed by atoms with Crippen molar-refractivity contribution in [1.82, 2.24) is 0 Å². The van der Waals surface area contributed by atoms with Crippen LogP contribution in [-0.4, -0.2) is 13.1 Å². The Morgan fingerprint density at radius 2 is 2.00 bits per heavy atom. The number of hydrogen-bond acceptors (Lipinski definition) is 1. The summed E-state index contributed by atoms with van der Waals surface area (Å²) >= 11 is 3.56. The maximum absolute atomic E-state index is 12.8. The molecule has 0 aliphatic heterocycles. The lowest BCUT2D eigenvalue weighted by molar-refractivity contribution is 0.627. The summed E-state index contributed by atoms with van der Waals surface area (Å²) in [4.78, 5) is 2.17.